The van der Waals surface area contributed by atoms with E-state index in [1.54, 1.807) is 13.1 Å². The fourth-order valence-electron chi connectivity index (χ4n) is 2.62. The lowest BCUT2D eigenvalue weighted by Crippen LogP contribution is -2.31. The van der Waals surface area contributed by atoms with E-state index in [-0.39, 0.29) is 11.6 Å². The van der Waals surface area contributed by atoms with Gasteiger partial charge < -0.3 is 15.0 Å². The lowest BCUT2D eigenvalue weighted by Gasteiger charge is -2.19. The Bertz CT molecular complexity index is 756. The van der Waals surface area contributed by atoms with Gasteiger partial charge in [0.1, 0.15) is 5.69 Å². The highest BCUT2D eigenvalue weighted by molar-refractivity contribution is 5.92. The SMILES string of the molecule is CC(C)Cc1cc(C(=O)N(C)CCC(O)c2ccccc2)nc(=O)[nH]1. The number of benzene rings is 1. The molecule has 0 spiro atoms. The predicted molar refractivity (Wildman–Crippen MR) is 96.4 cm³/mol. The molecule has 2 N–H and O–H groups in total. The molecular formula is C19H25N3O3. The van der Waals surface area contributed by atoms with Gasteiger partial charge in [-0.05, 0) is 30.4 Å². The number of nitrogens with one attached hydrogen (secondary N) is 1. The Balaban J connectivity index is 2.02. The van der Waals surface area contributed by atoms with Crippen molar-refractivity contribution in [2.45, 2.75) is 32.8 Å². The normalized spacial score (nSPS) is 12.2. The minimum Gasteiger partial charge on any atom is -0.388 e. The molecule has 1 aromatic carbocycles. The average Bonchev–Trinajstić information content (AvgIpc) is 2.58. The Hall–Kier alpha value is -2.47. The Morgan fingerprint density at radius 1 is 1.28 bits per heavy atom. The van der Waals surface area contributed by atoms with Gasteiger partial charge in [0, 0.05) is 19.3 Å². The van der Waals surface area contributed by atoms with Crippen molar-refractivity contribution in [3.8, 4) is 0 Å². The van der Waals surface area contributed by atoms with Gasteiger partial charge in [-0.25, -0.2) is 4.79 Å². The van der Waals surface area contributed by atoms with Crippen molar-refractivity contribution in [3.05, 3.63) is 63.8 Å². The summed E-state index contributed by atoms with van der Waals surface area (Å²) in [4.78, 5) is 32.1. The first kappa shape index (κ1) is 18.9. The fourth-order valence-corrected chi connectivity index (χ4v) is 2.62. The summed E-state index contributed by atoms with van der Waals surface area (Å²) in [6, 6.07) is 11.0. The molecule has 0 fully saturated rings. The molecule has 0 radical (unpaired) electrons. The predicted octanol–water partition coefficient (Wildman–Crippen LogP) is 2.16. The van der Waals surface area contributed by atoms with Crippen molar-refractivity contribution in [3.63, 3.8) is 0 Å². The van der Waals surface area contributed by atoms with E-state index in [2.05, 4.69) is 9.97 Å². The number of aliphatic hydroxyl groups is 1. The Morgan fingerprint density at radius 3 is 2.60 bits per heavy atom. The van der Waals surface area contributed by atoms with Crippen molar-refractivity contribution in [2.75, 3.05) is 13.6 Å². The largest absolute Gasteiger partial charge is 0.388 e. The number of aromatic amines is 1. The molecule has 0 aliphatic rings. The van der Waals surface area contributed by atoms with Crippen LogP contribution in [0, 0.1) is 5.92 Å². The number of nitrogens with zero attached hydrogens (tertiary/aromatic N) is 2. The maximum atomic E-state index is 12.5. The smallest absolute Gasteiger partial charge is 0.345 e. The molecule has 1 amide bonds. The van der Waals surface area contributed by atoms with Crippen LogP contribution in [0.4, 0.5) is 0 Å². The van der Waals surface area contributed by atoms with Crippen LogP contribution in [0.5, 0.6) is 0 Å². The zero-order valence-corrected chi connectivity index (χ0v) is 14.9. The van der Waals surface area contributed by atoms with E-state index < -0.39 is 11.8 Å². The summed E-state index contributed by atoms with van der Waals surface area (Å²) in [5.41, 5.74) is 1.14. The van der Waals surface area contributed by atoms with Crippen molar-refractivity contribution < 1.29 is 9.90 Å². The van der Waals surface area contributed by atoms with E-state index in [1.807, 2.05) is 44.2 Å². The van der Waals surface area contributed by atoms with Gasteiger partial charge in [0.25, 0.3) is 5.91 Å². The van der Waals surface area contributed by atoms with Gasteiger partial charge >= 0.3 is 5.69 Å². The van der Waals surface area contributed by atoms with Crippen LogP contribution in [0.2, 0.25) is 0 Å². The van der Waals surface area contributed by atoms with Gasteiger partial charge in [-0.15, -0.1) is 0 Å². The van der Waals surface area contributed by atoms with E-state index in [0.717, 1.165) is 5.56 Å². The quantitative estimate of drug-likeness (QED) is 0.807. The van der Waals surface area contributed by atoms with Gasteiger partial charge in [-0.3, -0.25) is 4.79 Å². The first-order valence-corrected chi connectivity index (χ1v) is 8.45. The highest BCUT2D eigenvalue weighted by atomic mass is 16.3. The molecule has 6 nitrogen and oxygen atoms in total. The zero-order chi connectivity index (χ0) is 18.4. The van der Waals surface area contributed by atoms with Crippen LogP contribution in [0.3, 0.4) is 0 Å². The molecule has 2 rings (SSSR count). The second-order valence-corrected chi connectivity index (χ2v) is 6.64. The van der Waals surface area contributed by atoms with Gasteiger partial charge in [0.2, 0.25) is 0 Å². The third-order valence-corrected chi connectivity index (χ3v) is 3.92. The van der Waals surface area contributed by atoms with Crippen LogP contribution >= 0.6 is 0 Å². The summed E-state index contributed by atoms with van der Waals surface area (Å²) in [5, 5.41) is 10.2. The lowest BCUT2D eigenvalue weighted by molar-refractivity contribution is 0.0754. The lowest BCUT2D eigenvalue weighted by atomic mass is 10.1. The molecule has 134 valence electrons. The summed E-state index contributed by atoms with van der Waals surface area (Å²) in [7, 11) is 1.64. The number of H-pyrrole nitrogens is 1. The molecule has 6 heteroatoms. The maximum absolute atomic E-state index is 12.5. The van der Waals surface area contributed by atoms with E-state index in [0.29, 0.717) is 31.0 Å². The molecule has 25 heavy (non-hydrogen) atoms. The summed E-state index contributed by atoms with van der Waals surface area (Å²) in [6.45, 7) is 4.44. The number of hydrogen-bond donors (Lipinski definition) is 2. The molecule has 0 saturated carbocycles. The third-order valence-electron chi connectivity index (χ3n) is 3.92. The van der Waals surface area contributed by atoms with Crippen molar-refractivity contribution in [1.82, 2.24) is 14.9 Å². The number of aliphatic hydroxyl groups excluding tert-OH is 1. The molecule has 2 aromatic rings. The number of rotatable bonds is 7. The monoisotopic (exact) mass is 343 g/mol. The van der Waals surface area contributed by atoms with Gasteiger partial charge in [-0.1, -0.05) is 44.2 Å². The van der Waals surface area contributed by atoms with Crippen LogP contribution in [-0.2, 0) is 6.42 Å². The minimum atomic E-state index is -0.639. The van der Waals surface area contributed by atoms with Crippen LogP contribution in [0.25, 0.3) is 0 Å². The van der Waals surface area contributed by atoms with Gasteiger partial charge in [0.15, 0.2) is 0 Å². The second-order valence-electron chi connectivity index (χ2n) is 6.64. The molecule has 1 aromatic heterocycles. The second kappa shape index (κ2) is 8.58. The Morgan fingerprint density at radius 2 is 1.96 bits per heavy atom. The minimum absolute atomic E-state index is 0.135. The molecule has 1 atom stereocenters. The molecule has 0 aliphatic heterocycles. The first-order chi connectivity index (χ1) is 11.9. The number of hydrogen-bond acceptors (Lipinski definition) is 4. The molecule has 1 heterocycles. The van der Waals surface area contributed by atoms with E-state index in [1.165, 1.54) is 4.90 Å². The number of aromatic nitrogens is 2. The van der Waals surface area contributed by atoms with E-state index in [9.17, 15) is 14.7 Å². The van der Waals surface area contributed by atoms with E-state index in [4.69, 9.17) is 0 Å². The fraction of sp³-hybridized carbons (Fsp3) is 0.421. The molecule has 0 saturated heterocycles. The first-order valence-electron chi connectivity index (χ1n) is 8.45. The van der Waals surface area contributed by atoms with Crippen LogP contribution in [-0.4, -0.2) is 39.5 Å². The number of carbonyl (C=O) groups excluding carboxylic acids is 1. The molecule has 0 aliphatic carbocycles. The number of amides is 1. The van der Waals surface area contributed by atoms with Crippen molar-refractivity contribution in [2.24, 2.45) is 5.92 Å². The van der Waals surface area contributed by atoms with Gasteiger partial charge in [-0.2, -0.15) is 4.98 Å². The Kier molecular flexibility index (Phi) is 6.47. The van der Waals surface area contributed by atoms with Crippen LogP contribution in [0.15, 0.2) is 41.2 Å². The van der Waals surface area contributed by atoms with Crippen LogP contribution < -0.4 is 5.69 Å². The Labute approximate surface area is 147 Å². The highest BCUT2D eigenvalue weighted by Crippen LogP contribution is 2.16. The summed E-state index contributed by atoms with van der Waals surface area (Å²) < 4.78 is 0. The average molecular weight is 343 g/mol. The van der Waals surface area contributed by atoms with E-state index >= 15 is 0 Å². The molecular weight excluding hydrogens is 318 g/mol. The highest BCUT2D eigenvalue weighted by Gasteiger charge is 2.17. The molecule has 0 bridgehead atoms. The maximum Gasteiger partial charge on any atom is 0.345 e. The standard InChI is InChI=1S/C19H25N3O3/c1-13(2)11-15-12-16(21-19(25)20-15)18(24)22(3)10-9-17(23)14-7-5-4-6-8-14/h4-8,12-13,17,23H,9-11H2,1-3H3,(H,20,21,25). The summed E-state index contributed by atoms with van der Waals surface area (Å²) in [5.74, 6) is 0.0381. The zero-order valence-electron chi connectivity index (χ0n) is 14.9. The van der Waals surface area contributed by atoms with Crippen LogP contribution in [0.1, 0.15) is 48.1 Å². The number of carbonyl (C=O) groups is 1. The molecule has 1 unspecified atom stereocenters. The summed E-state index contributed by atoms with van der Waals surface area (Å²) >= 11 is 0. The van der Waals surface area contributed by atoms with Gasteiger partial charge in [0.05, 0.1) is 6.10 Å². The third kappa shape index (κ3) is 5.53. The van der Waals surface area contributed by atoms with Crippen molar-refractivity contribution in [1.29, 1.82) is 0 Å². The topological polar surface area (TPSA) is 86.3 Å². The summed E-state index contributed by atoms with van der Waals surface area (Å²) in [6.07, 6.45) is 0.447. The van der Waals surface area contributed by atoms with Crippen molar-refractivity contribution >= 4 is 5.91 Å².